The third-order valence-corrected chi connectivity index (χ3v) is 1.20. The first-order chi connectivity index (χ1) is 4.72. The second-order valence-corrected chi connectivity index (χ2v) is 2.19. The highest BCUT2D eigenvalue weighted by molar-refractivity contribution is 5.57. The Morgan fingerprint density at radius 3 is 1.80 bits per heavy atom. The van der Waals surface area contributed by atoms with Gasteiger partial charge in [-0.1, -0.05) is 13.8 Å². The number of hydrogen-bond donors (Lipinski definition) is 2. The van der Waals surface area contributed by atoms with Crippen LogP contribution in [0.2, 0.25) is 0 Å². The van der Waals surface area contributed by atoms with E-state index in [-0.39, 0.29) is 6.04 Å². The number of carbonyl (C=O) groups excluding carboxylic acids is 1. The predicted octanol–water partition coefficient (Wildman–Crippen LogP) is 0.00420. The highest BCUT2D eigenvalue weighted by atomic mass is 16.1. The Morgan fingerprint density at radius 1 is 1.40 bits per heavy atom. The van der Waals surface area contributed by atoms with Crippen molar-refractivity contribution in [3.05, 3.63) is 0 Å². The van der Waals surface area contributed by atoms with E-state index in [4.69, 9.17) is 0 Å². The fourth-order valence-corrected chi connectivity index (χ4v) is 0.559. The van der Waals surface area contributed by atoms with Gasteiger partial charge in [0.2, 0.25) is 0 Å². The molecule has 10 heavy (non-hydrogen) atoms. The molecular formula is C7H18N2O. The third kappa shape index (κ3) is 5.72. The van der Waals surface area contributed by atoms with E-state index in [0.29, 0.717) is 5.92 Å². The van der Waals surface area contributed by atoms with Gasteiger partial charge in [-0.25, -0.2) is 0 Å². The molecule has 1 unspecified atom stereocenters. The van der Waals surface area contributed by atoms with E-state index in [0.717, 1.165) is 6.29 Å². The van der Waals surface area contributed by atoms with Crippen LogP contribution in [0.4, 0.5) is 0 Å². The summed E-state index contributed by atoms with van der Waals surface area (Å²) in [6, 6.07) is 0.0231. The van der Waals surface area contributed by atoms with Gasteiger partial charge in [0.15, 0.2) is 0 Å². The molecule has 0 aliphatic carbocycles. The van der Waals surface area contributed by atoms with Crippen LogP contribution in [0.1, 0.15) is 13.8 Å². The average Bonchev–Trinajstić information content (AvgIpc) is 1.94. The van der Waals surface area contributed by atoms with Gasteiger partial charge in [0.05, 0.1) is 6.04 Å². The summed E-state index contributed by atoms with van der Waals surface area (Å²) >= 11 is 0. The van der Waals surface area contributed by atoms with Gasteiger partial charge in [-0.05, 0) is 20.0 Å². The second-order valence-electron chi connectivity index (χ2n) is 2.19. The number of hydrogen-bond acceptors (Lipinski definition) is 3. The average molecular weight is 146 g/mol. The summed E-state index contributed by atoms with van der Waals surface area (Å²) in [5.41, 5.74) is 4.50. The Hall–Kier alpha value is -0.410. The lowest BCUT2D eigenvalue weighted by molar-refractivity contribution is -0.110. The zero-order valence-electron chi connectivity index (χ0n) is 7.22. The molecule has 0 radical (unpaired) electrons. The van der Waals surface area contributed by atoms with E-state index < -0.39 is 0 Å². The minimum atomic E-state index is 0.0231. The van der Waals surface area contributed by atoms with E-state index in [1.807, 2.05) is 13.8 Å². The van der Waals surface area contributed by atoms with Gasteiger partial charge in [0.1, 0.15) is 6.29 Å². The lowest BCUT2D eigenvalue weighted by Crippen LogP contribution is -2.31. The van der Waals surface area contributed by atoms with E-state index in [9.17, 15) is 4.79 Å². The molecule has 0 aliphatic heterocycles. The molecule has 0 spiro atoms. The lowest BCUT2D eigenvalue weighted by Gasteiger charge is -2.11. The molecular weight excluding hydrogens is 128 g/mol. The van der Waals surface area contributed by atoms with Gasteiger partial charge in [-0.2, -0.15) is 0 Å². The maximum Gasteiger partial charge on any atom is 0.137 e. The first kappa shape index (κ1) is 12.3. The first-order valence-corrected chi connectivity index (χ1v) is 3.42. The van der Waals surface area contributed by atoms with Crippen molar-refractivity contribution >= 4 is 6.29 Å². The minimum absolute atomic E-state index is 0.0231. The summed E-state index contributed by atoms with van der Waals surface area (Å²) < 4.78 is 0. The topological polar surface area (TPSA) is 55.1 Å². The molecule has 0 saturated carbocycles. The molecule has 3 N–H and O–H groups in total. The molecule has 0 aromatic carbocycles. The Balaban J connectivity index is 0. The van der Waals surface area contributed by atoms with Crippen LogP contribution in [0.15, 0.2) is 0 Å². The van der Waals surface area contributed by atoms with Crippen LogP contribution < -0.4 is 11.1 Å². The number of carbonyl (C=O) groups is 1. The Labute approximate surface area is 63.0 Å². The molecule has 0 aromatic heterocycles. The lowest BCUT2D eigenvalue weighted by atomic mass is 10.1. The van der Waals surface area contributed by atoms with Gasteiger partial charge in [0, 0.05) is 0 Å². The Kier molecular flexibility index (Phi) is 10.6. The summed E-state index contributed by atoms with van der Waals surface area (Å²) in [4.78, 5) is 10.1. The molecule has 0 aromatic rings. The molecule has 62 valence electrons. The van der Waals surface area contributed by atoms with E-state index in [1.54, 1.807) is 7.05 Å². The van der Waals surface area contributed by atoms with Crippen molar-refractivity contribution in [2.24, 2.45) is 11.7 Å². The smallest absolute Gasteiger partial charge is 0.137 e. The third-order valence-electron chi connectivity index (χ3n) is 1.20. The monoisotopic (exact) mass is 146 g/mol. The molecule has 0 rings (SSSR count). The van der Waals surface area contributed by atoms with Gasteiger partial charge in [-0.3, -0.25) is 0 Å². The van der Waals surface area contributed by atoms with Crippen LogP contribution in [0.3, 0.4) is 0 Å². The number of nitrogens with two attached hydrogens (primary N) is 1. The Bertz CT molecular complexity index is 74.0. The maximum atomic E-state index is 10.1. The zero-order valence-corrected chi connectivity index (χ0v) is 7.22. The Morgan fingerprint density at radius 2 is 1.80 bits per heavy atom. The fraction of sp³-hybridized carbons (Fsp3) is 0.857. The summed E-state index contributed by atoms with van der Waals surface area (Å²) in [5, 5.41) is 2.88. The highest BCUT2D eigenvalue weighted by Gasteiger charge is 2.06. The van der Waals surface area contributed by atoms with Crippen LogP contribution in [-0.2, 0) is 4.79 Å². The molecule has 1 atom stereocenters. The minimum Gasteiger partial charge on any atom is -0.333 e. The van der Waals surface area contributed by atoms with Crippen LogP contribution >= 0.6 is 0 Å². The molecule has 3 nitrogen and oxygen atoms in total. The first-order valence-electron chi connectivity index (χ1n) is 3.42. The quantitative estimate of drug-likeness (QED) is 0.551. The van der Waals surface area contributed by atoms with Crippen molar-refractivity contribution in [1.82, 2.24) is 5.32 Å². The van der Waals surface area contributed by atoms with Gasteiger partial charge < -0.3 is 15.8 Å². The summed E-state index contributed by atoms with van der Waals surface area (Å²) in [7, 11) is 3.29. The largest absolute Gasteiger partial charge is 0.333 e. The summed E-state index contributed by atoms with van der Waals surface area (Å²) in [6.07, 6.45) is 0.935. The molecule has 0 fully saturated rings. The molecule has 3 heteroatoms. The van der Waals surface area contributed by atoms with E-state index in [2.05, 4.69) is 11.1 Å². The van der Waals surface area contributed by atoms with Crippen molar-refractivity contribution < 1.29 is 4.79 Å². The van der Waals surface area contributed by atoms with Crippen LogP contribution in [0.5, 0.6) is 0 Å². The zero-order chi connectivity index (χ0) is 8.57. The van der Waals surface area contributed by atoms with Crippen molar-refractivity contribution in [3.8, 4) is 0 Å². The molecule has 0 saturated heterocycles. The molecule has 0 amide bonds. The maximum absolute atomic E-state index is 10.1. The van der Waals surface area contributed by atoms with Crippen LogP contribution in [0.25, 0.3) is 0 Å². The number of likely N-dealkylation sites (N-methyl/N-ethyl adjacent to an activating group) is 1. The molecule has 0 bridgehead atoms. The van der Waals surface area contributed by atoms with Crippen LogP contribution in [0, 0.1) is 5.92 Å². The van der Waals surface area contributed by atoms with Crippen molar-refractivity contribution in [3.63, 3.8) is 0 Å². The van der Waals surface area contributed by atoms with Crippen molar-refractivity contribution in [2.75, 3.05) is 14.1 Å². The van der Waals surface area contributed by atoms with Crippen molar-refractivity contribution in [2.45, 2.75) is 19.9 Å². The number of rotatable bonds is 3. The standard InChI is InChI=1S/C6H13NO.CH5N/c1-5(2)6(4-8)7-3;1-2/h4-7H,1-3H3;2H2,1H3. The van der Waals surface area contributed by atoms with E-state index >= 15 is 0 Å². The van der Waals surface area contributed by atoms with Crippen molar-refractivity contribution in [1.29, 1.82) is 0 Å². The summed E-state index contributed by atoms with van der Waals surface area (Å²) in [5.74, 6) is 0.400. The SMILES string of the molecule is CN.CNC(C=O)C(C)C. The molecule has 0 aliphatic rings. The van der Waals surface area contributed by atoms with Gasteiger partial charge in [0.25, 0.3) is 0 Å². The second kappa shape index (κ2) is 8.59. The number of nitrogens with one attached hydrogen (secondary N) is 1. The normalized spacial score (nSPS) is 11.8. The molecule has 0 heterocycles. The predicted molar refractivity (Wildman–Crippen MR) is 43.9 cm³/mol. The van der Waals surface area contributed by atoms with E-state index in [1.165, 1.54) is 7.05 Å². The van der Waals surface area contributed by atoms with Gasteiger partial charge >= 0.3 is 0 Å². The number of aldehydes is 1. The van der Waals surface area contributed by atoms with Gasteiger partial charge in [-0.15, -0.1) is 0 Å². The highest BCUT2D eigenvalue weighted by Crippen LogP contribution is 1.95. The van der Waals surface area contributed by atoms with Crippen LogP contribution in [-0.4, -0.2) is 26.4 Å². The fourth-order valence-electron chi connectivity index (χ4n) is 0.559. The summed E-state index contributed by atoms with van der Waals surface area (Å²) in [6.45, 7) is 4.02.